The van der Waals surface area contributed by atoms with Crippen LogP contribution in [0.2, 0.25) is 5.02 Å². The van der Waals surface area contributed by atoms with Crippen LogP contribution < -0.4 is 5.73 Å². The summed E-state index contributed by atoms with van der Waals surface area (Å²) in [5, 5.41) is 23.0. The molecule has 4 atom stereocenters. The maximum atomic E-state index is 15.4. The Labute approximate surface area is 223 Å². The van der Waals surface area contributed by atoms with E-state index < -0.39 is 23.6 Å². The number of nitrogens with two attached hydrogens (primary N) is 1. The fraction of sp³-hybridized carbons (Fsp3) is 0.536. The van der Waals surface area contributed by atoms with Gasteiger partial charge in [0.05, 0.1) is 11.7 Å². The average Bonchev–Trinajstić information content (AvgIpc) is 3.23. The number of unbranched alkanes of at least 4 members (excludes halogenated alkanes) is 1. The van der Waals surface area contributed by atoms with Crippen LogP contribution in [0.1, 0.15) is 37.7 Å². The largest absolute Gasteiger partial charge is 0.390 e. The van der Waals surface area contributed by atoms with Gasteiger partial charge < -0.3 is 30.5 Å². The van der Waals surface area contributed by atoms with Gasteiger partial charge in [-0.1, -0.05) is 35.9 Å². The van der Waals surface area contributed by atoms with E-state index in [-0.39, 0.29) is 18.5 Å². The van der Waals surface area contributed by atoms with Gasteiger partial charge in [-0.05, 0) is 61.4 Å². The molecule has 2 aliphatic rings. The van der Waals surface area contributed by atoms with E-state index in [0.717, 1.165) is 6.42 Å². The molecule has 7 nitrogen and oxygen atoms in total. The van der Waals surface area contributed by atoms with E-state index in [1.165, 1.54) is 6.07 Å². The SMILES string of the molecule is COCCCC[C@@](O)(c1cccc(F)c1-c1cccc(Cl)c1)[C@@H]1CCCN(C(=O)N2C[C@@H](N)[C@@H](O)C2)C1. The van der Waals surface area contributed by atoms with Gasteiger partial charge in [0.2, 0.25) is 0 Å². The third-order valence-electron chi connectivity index (χ3n) is 7.72. The zero-order valence-electron chi connectivity index (χ0n) is 21.3. The molecule has 2 fully saturated rings. The topological polar surface area (TPSA) is 99.3 Å². The maximum Gasteiger partial charge on any atom is 0.320 e. The molecule has 0 radical (unpaired) electrons. The Kier molecular flexibility index (Phi) is 9.08. The number of methoxy groups -OCH3 is 1. The number of ether oxygens (including phenoxy) is 1. The van der Waals surface area contributed by atoms with Crippen molar-refractivity contribution < 1.29 is 24.1 Å². The first-order valence-electron chi connectivity index (χ1n) is 13.0. The van der Waals surface area contributed by atoms with Crippen LogP contribution in [0.5, 0.6) is 0 Å². The molecule has 4 rings (SSSR count). The first-order chi connectivity index (χ1) is 17.7. The standard InChI is InChI=1S/C28H37ClFN3O4/c1-37-14-3-2-12-28(36,22-10-5-11-23(30)26(22)19-7-4-9-21(29)15-19)20-8-6-13-32(16-20)27(35)33-17-24(31)25(34)18-33/h4-5,7,9-11,15,20,24-25,34,36H,2-3,6,8,12-14,16-18,31H2,1H3/t20-,24-,25+,28+/m1/s1. The van der Waals surface area contributed by atoms with Gasteiger partial charge in [0.25, 0.3) is 0 Å². The first-order valence-corrected chi connectivity index (χ1v) is 13.4. The second kappa shape index (κ2) is 12.1. The molecule has 0 aromatic heterocycles. The van der Waals surface area contributed by atoms with E-state index >= 15 is 4.39 Å². The van der Waals surface area contributed by atoms with Crippen molar-refractivity contribution in [2.45, 2.75) is 49.9 Å². The number of rotatable bonds is 8. The highest BCUT2D eigenvalue weighted by Crippen LogP contribution is 2.45. The number of β-amino-alcohol motifs (C(OH)–C–C–N with tert-alkyl or cyclic N) is 1. The molecule has 0 aliphatic carbocycles. The van der Waals surface area contributed by atoms with Gasteiger partial charge in [-0.3, -0.25) is 0 Å². The van der Waals surface area contributed by atoms with Crippen LogP contribution in [-0.4, -0.2) is 78.1 Å². The molecule has 9 heteroatoms. The molecule has 2 aromatic rings. The predicted molar refractivity (Wildman–Crippen MR) is 142 cm³/mol. The number of piperidine rings is 1. The van der Waals surface area contributed by atoms with Crippen molar-refractivity contribution in [3.8, 4) is 11.1 Å². The molecule has 2 amide bonds. The average molecular weight is 534 g/mol. The second-order valence-electron chi connectivity index (χ2n) is 10.3. The van der Waals surface area contributed by atoms with Gasteiger partial charge >= 0.3 is 6.03 Å². The Balaban J connectivity index is 1.68. The van der Waals surface area contributed by atoms with Crippen molar-refractivity contribution in [3.05, 3.63) is 58.9 Å². The van der Waals surface area contributed by atoms with Crippen LogP contribution in [0.4, 0.5) is 9.18 Å². The highest BCUT2D eigenvalue weighted by Gasteiger charge is 2.44. The number of halogens is 2. The van der Waals surface area contributed by atoms with Crippen molar-refractivity contribution in [3.63, 3.8) is 0 Å². The number of urea groups is 1. The van der Waals surface area contributed by atoms with Crippen LogP contribution in [0.3, 0.4) is 0 Å². The fourth-order valence-electron chi connectivity index (χ4n) is 5.73. The predicted octanol–water partition coefficient (Wildman–Crippen LogP) is 3.99. The summed E-state index contributed by atoms with van der Waals surface area (Å²) in [6.45, 7) is 1.94. The lowest BCUT2D eigenvalue weighted by Crippen LogP contribution is -2.52. The lowest BCUT2D eigenvalue weighted by molar-refractivity contribution is -0.0573. The summed E-state index contributed by atoms with van der Waals surface area (Å²) in [4.78, 5) is 16.6. The van der Waals surface area contributed by atoms with E-state index in [0.29, 0.717) is 73.6 Å². The smallest absolute Gasteiger partial charge is 0.320 e. The van der Waals surface area contributed by atoms with E-state index in [1.54, 1.807) is 53.3 Å². The third-order valence-corrected chi connectivity index (χ3v) is 7.96. The molecule has 2 aromatic carbocycles. The molecule has 202 valence electrons. The highest BCUT2D eigenvalue weighted by atomic mass is 35.5. The van der Waals surface area contributed by atoms with E-state index in [1.807, 2.05) is 0 Å². The normalized spacial score (nSPS) is 23.8. The number of amides is 2. The molecule has 37 heavy (non-hydrogen) atoms. The zero-order valence-corrected chi connectivity index (χ0v) is 22.0. The number of carbonyl (C=O) groups excluding carboxylic acids is 1. The Morgan fingerprint density at radius 1 is 1.19 bits per heavy atom. The van der Waals surface area contributed by atoms with Crippen LogP contribution in [0.25, 0.3) is 11.1 Å². The summed E-state index contributed by atoms with van der Waals surface area (Å²) >= 11 is 6.24. The zero-order chi connectivity index (χ0) is 26.6. The molecule has 2 heterocycles. The number of nitrogens with zero attached hydrogens (tertiary/aromatic N) is 2. The summed E-state index contributed by atoms with van der Waals surface area (Å²) in [5.41, 5.74) is 5.98. The van der Waals surface area contributed by atoms with Gasteiger partial charge in [-0.25, -0.2) is 9.18 Å². The lowest BCUT2D eigenvalue weighted by Gasteiger charge is -2.44. The minimum absolute atomic E-state index is 0.187. The number of hydrogen-bond acceptors (Lipinski definition) is 5. The van der Waals surface area contributed by atoms with Crippen LogP contribution in [-0.2, 0) is 10.3 Å². The number of hydrogen-bond donors (Lipinski definition) is 3. The van der Waals surface area contributed by atoms with Gasteiger partial charge in [0.1, 0.15) is 5.82 Å². The van der Waals surface area contributed by atoms with Crippen molar-refractivity contribution in [1.82, 2.24) is 9.80 Å². The fourth-order valence-corrected chi connectivity index (χ4v) is 5.92. The van der Waals surface area contributed by atoms with Gasteiger partial charge in [0, 0.05) is 62.4 Å². The monoisotopic (exact) mass is 533 g/mol. The molecule has 0 saturated carbocycles. The molecule has 2 aliphatic heterocycles. The maximum absolute atomic E-state index is 15.4. The summed E-state index contributed by atoms with van der Waals surface area (Å²) < 4.78 is 20.6. The minimum atomic E-state index is -1.38. The van der Waals surface area contributed by atoms with Gasteiger partial charge in [-0.15, -0.1) is 0 Å². The highest BCUT2D eigenvalue weighted by molar-refractivity contribution is 6.30. The van der Waals surface area contributed by atoms with Gasteiger partial charge in [0.15, 0.2) is 0 Å². The number of benzene rings is 2. The molecule has 0 bridgehead atoms. The number of aliphatic hydroxyl groups is 2. The van der Waals surface area contributed by atoms with E-state index in [9.17, 15) is 15.0 Å². The molecule has 0 spiro atoms. The van der Waals surface area contributed by atoms with Gasteiger partial charge in [-0.2, -0.15) is 0 Å². The number of carbonyl (C=O) groups is 1. The van der Waals surface area contributed by atoms with Crippen molar-refractivity contribution in [1.29, 1.82) is 0 Å². The summed E-state index contributed by atoms with van der Waals surface area (Å²) in [7, 11) is 1.64. The minimum Gasteiger partial charge on any atom is -0.390 e. The lowest BCUT2D eigenvalue weighted by atomic mass is 9.72. The summed E-state index contributed by atoms with van der Waals surface area (Å²) in [6, 6.07) is 11.1. The van der Waals surface area contributed by atoms with E-state index in [2.05, 4.69) is 0 Å². The van der Waals surface area contributed by atoms with E-state index in [4.69, 9.17) is 22.1 Å². The Morgan fingerprint density at radius 2 is 1.97 bits per heavy atom. The Bertz CT molecular complexity index is 1080. The first kappa shape index (κ1) is 27.8. The molecular formula is C28H37ClFN3O4. The van der Waals surface area contributed by atoms with Crippen LogP contribution in [0, 0.1) is 11.7 Å². The number of aliphatic hydroxyl groups excluding tert-OH is 1. The molecular weight excluding hydrogens is 497 g/mol. The molecule has 0 unspecified atom stereocenters. The van der Waals surface area contributed by atoms with Crippen molar-refractivity contribution in [2.24, 2.45) is 11.7 Å². The third kappa shape index (κ3) is 6.10. The summed E-state index contributed by atoms with van der Waals surface area (Å²) in [6.07, 6.45) is 2.48. The van der Waals surface area contributed by atoms with Crippen LogP contribution in [0.15, 0.2) is 42.5 Å². The van der Waals surface area contributed by atoms with Crippen molar-refractivity contribution in [2.75, 3.05) is 39.9 Å². The quantitative estimate of drug-likeness (QED) is 0.446. The number of likely N-dealkylation sites (tertiary alicyclic amines) is 2. The second-order valence-corrected chi connectivity index (χ2v) is 10.7. The van der Waals surface area contributed by atoms with Crippen molar-refractivity contribution >= 4 is 17.6 Å². The Morgan fingerprint density at radius 3 is 2.68 bits per heavy atom. The summed E-state index contributed by atoms with van der Waals surface area (Å²) in [5.74, 6) is -0.743. The molecule has 2 saturated heterocycles. The Hall–Kier alpha value is -2.23. The van der Waals surface area contributed by atoms with Crippen LogP contribution >= 0.6 is 11.6 Å². The molecule has 4 N–H and O–H groups in total.